The number of benzene rings is 2. The number of ketones is 1. The summed E-state index contributed by atoms with van der Waals surface area (Å²) < 4.78 is 27.4. The second kappa shape index (κ2) is 7.69. The van der Waals surface area contributed by atoms with Gasteiger partial charge < -0.3 is 10.6 Å². The molecule has 136 valence electrons. The number of anilines is 3. The van der Waals surface area contributed by atoms with Gasteiger partial charge in [0.05, 0.1) is 0 Å². The van der Waals surface area contributed by atoms with E-state index in [-0.39, 0.29) is 23.0 Å². The lowest BCUT2D eigenvalue weighted by Crippen LogP contribution is -2.14. The van der Waals surface area contributed by atoms with Crippen LogP contribution in [0.1, 0.15) is 27.8 Å². The van der Waals surface area contributed by atoms with Crippen LogP contribution >= 0.6 is 0 Å². The SMILES string of the molecule is CC(=O)c1ccc(NC(=O)c2cc(Nc3c(F)cccc3F)ncn2)cc1. The first kappa shape index (κ1) is 18.1. The smallest absolute Gasteiger partial charge is 0.274 e. The number of amides is 1. The quantitative estimate of drug-likeness (QED) is 0.666. The van der Waals surface area contributed by atoms with Crippen molar-refractivity contribution in [3.63, 3.8) is 0 Å². The molecule has 6 nitrogen and oxygen atoms in total. The molecule has 3 rings (SSSR count). The summed E-state index contributed by atoms with van der Waals surface area (Å²) >= 11 is 0. The van der Waals surface area contributed by atoms with Gasteiger partial charge in [0.25, 0.3) is 5.91 Å². The van der Waals surface area contributed by atoms with E-state index >= 15 is 0 Å². The van der Waals surface area contributed by atoms with Crippen molar-refractivity contribution in [2.75, 3.05) is 10.6 Å². The van der Waals surface area contributed by atoms with E-state index in [1.54, 1.807) is 24.3 Å². The highest BCUT2D eigenvalue weighted by molar-refractivity contribution is 6.03. The van der Waals surface area contributed by atoms with E-state index in [1.165, 1.54) is 19.1 Å². The molecular weight excluding hydrogens is 354 g/mol. The minimum atomic E-state index is -0.787. The number of para-hydroxylation sites is 1. The van der Waals surface area contributed by atoms with Crippen molar-refractivity contribution >= 4 is 28.9 Å². The van der Waals surface area contributed by atoms with Crippen LogP contribution in [0, 0.1) is 11.6 Å². The summed E-state index contributed by atoms with van der Waals surface area (Å²) in [6.45, 7) is 1.45. The van der Waals surface area contributed by atoms with Crippen LogP contribution in [-0.4, -0.2) is 21.7 Å². The average Bonchev–Trinajstić information content (AvgIpc) is 2.65. The van der Waals surface area contributed by atoms with E-state index in [0.717, 1.165) is 18.5 Å². The van der Waals surface area contributed by atoms with Gasteiger partial charge >= 0.3 is 0 Å². The predicted molar refractivity (Wildman–Crippen MR) is 96.1 cm³/mol. The maximum absolute atomic E-state index is 13.7. The van der Waals surface area contributed by atoms with Gasteiger partial charge in [0.1, 0.15) is 35.2 Å². The number of rotatable bonds is 5. The second-order valence-electron chi connectivity index (χ2n) is 5.60. The molecule has 0 atom stereocenters. The van der Waals surface area contributed by atoms with Crippen LogP contribution in [0.4, 0.5) is 26.0 Å². The fourth-order valence-corrected chi connectivity index (χ4v) is 2.28. The Morgan fingerprint density at radius 1 is 0.963 bits per heavy atom. The van der Waals surface area contributed by atoms with E-state index in [4.69, 9.17) is 0 Å². The van der Waals surface area contributed by atoms with Crippen LogP contribution in [0.5, 0.6) is 0 Å². The van der Waals surface area contributed by atoms with E-state index in [1.807, 2.05) is 0 Å². The fourth-order valence-electron chi connectivity index (χ4n) is 2.28. The Bertz CT molecular complexity index is 987. The van der Waals surface area contributed by atoms with E-state index in [0.29, 0.717) is 11.3 Å². The second-order valence-corrected chi connectivity index (χ2v) is 5.60. The molecular formula is C19H14F2N4O2. The number of Topliss-reactive ketones (excluding diaryl/α,β-unsaturated/α-hetero) is 1. The van der Waals surface area contributed by atoms with Gasteiger partial charge in [-0.3, -0.25) is 9.59 Å². The van der Waals surface area contributed by atoms with Crippen molar-refractivity contribution in [3.05, 3.63) is 77.8 Å². The third-order valence-corrected chi connectivity index (χ3v) is 3.66. The van der Waals surface area contributed by atoms with Gasteiger partial charge in [-0.25, -0.2) is 18.7 Å². The molecule has 0 aliphatic rings. The first-order valence-electron chi connectivity index (χ1n) is 7.89. The Kier molecular flexibility index (Phi) is 5.16. The van der Waals surface area contributed by atoms with Crippen molar-refractivity contribution in [3.8, 4) is 0 Å². The Morgan fingerprint density at radius 3 is 2.26 bits per heavy atom. The van der Waals surface area contributed by atoms with Crippen molar-refractivity contribution in [1.29, 1.82) is 0 Å². The first-order chi connectivity index (χ1) is 12.9. The minimum absolute atomic E-state index is 0.000100. The van der Waals surface area contributed by atoms with Gasteiger partial charge in [0.2, 0.25) is 0 Å². The summed E-state index contributed by atoms with van der Waals surface area (Å²) in [5.74, 6) is -2.13. The molecule has 3 aromatic rings. The summed E-state index contributed by atoms with van der Waals surface area (Å²) in [5.41, 5.74) is 0.619. The van der Waals surface area contributed by atoms with Crippen molar-refractivity contribution in [2.24, 2.45) is 0 Å². The Balaban J connectivity index is 1.76. The molecule has 0 bridgehead atoms. The summed E-state index contributed by atoms with van der Waals surface area (Å²) in [7, 11) is 0. The number of nitrogens with one attached hydrogen (secondary N) is 2. The highest BCUT2D eigenvalue weighted by atomic mass is 19.1. The third kappa shape index (κ3) is 4.30. The first-order valence-corrected chi connectivity index (χ1v) is 7.89. The number of hydrogen-bond acceptors (Lipinski definition) is 5. The fraction of sp³-hybridized carbons (Fsp3) is 0.0526. The molecule has 0 fully saturated rings. The molecule has 2 N–H and O–H groups in total. The Morgan fingerprint density at radius 2 is 1.63 bits per heavy atom. The number of nitrogens with zero attached hydrogens (tertiary/aromatic N) is 2. The zero-order chi connectivity index (χ0) is 19.4. The van der Waals surface area contributed by atoms with Crippen LogP contribution in [0.15, 0.2) is 54.9 Å². The van der Waals surface area contributed by atoms with Crippen molar-refractivity contribution < 1.29 is 18.4 Å². The largest absolute Gasteiger partial charge is 0.335 e. The molecule has 2 aromatic carbocycles. The van der Waals surface area contributed by atoms with E-state index in [9.17, 15) is 18.4 Å². The molecule has 0 unspecified atom stereocenters. The summed E-state index contributed by atoms with van der Waals surface area (Å²) in [6, 6.07) is 11.1. The summed E-state index contributed by atoms with van der Waals surface area (Å²) in [5, 5.41) is 5.12. The maximum atomic E-state index is 13.7. The molecule has 27 heavy (non-hydrogen) atoms. The molecule has 1 amide bonds. The number of carbonyl (C=O) groups excluding carboxylic acids is 2. The number of carbonyl (C=O) groups is 2. The monoisotopic (exact) mass is 368 g/mol. The normalized spacial score (nSPS) is 10.3. The van der Waals surface area contributed by atoms with Crippen LogP contribution in [0.2, 0.25) is 0 Å². The molecule has 0 spiro atoms. The van der Waals surface area contributed by atoms with Gasteiger partial charge in [-0.15, -0.1) is 0 Å². The third-order valence-electron chi connectivity index (χ3n) is 3.66. The highest BCUT2D eigenvalue weighted by Gasteiger charge is 2.13. The number of halogens is 2. The predicted octanol–water partition coefficient (Wildman–Crippen LogP) is 3.95. The lowest BCUT2D eigenvalue weighted by Gasteiger charge is -2.09. The van der Waals surface area contributed by atoms with E-state index < -0.39 is 17.5 Å². The number of aromatic nitrogens is 2. The van der Waals surface area contributed by atoms with Crippen LogP contribution < -0.4 is 10.6 Å². The lowest BCUT2D eigenvalue weighted by molar-refractivity contribution is 0.101. The van der Waals surface area contributed by atoms with Gasteiger partial charge in [0.15, 0.2) is 5.78 Å². The van der Waals surface area contributed by atoms with Gasteiger partial charge in [-0.2, -0.15) is 0 Å². The Hall–Kier alpha value is -3.68. The summed E-state index contributed by atoms with van der Waals surface area (Å²) in [4.78, 5) is 31.3. The molecule has 0 saturated carbocycles. The maximum Gasteiger partial charge on any atom is 0.274 e. The van der Waals surface area contributed by atoms with Gasteiger partial charge in [-0.1, -0.05) is 6.07 Å². The van der Waals surface area contributed by atoms with Crippen LogP contribution in [-0.2, 0) is 0 Å². The molecule has 0 radical (unpaired) electrons. The standard InChI is InChI=1S/C19H14F2N4O2/c1-11(26)12-5-7-13(8-6-12)24-19(27)16-9-17(23-10-22-16)25-18-14(20)3-2-4-15(18)21/h2-10H,1H3,(H,24,27)(H,22,23,25). The van der Waals surface area contributed by atoms with E-state index in [2.05, 4.69) is 20.6 Å². The molecule has 8 heteroatoms. The van der Waals surface area contributed by atoms with Crippen molar-refractivity contribution in [2.45, 2.75) is 6.92 Å². The zero-order valence-corrected chi connectivity index (χ0v) is 14.2. The Labute approximate surface area is 153 Å². The van der Waals surface area contributed by atoms with Gasteiger partial charge in [0, 0.05) is 17.3 Å². The lowest BCUT2D eigenvalue weighted by atomic mass is 10.1. The minimum Gasteiger partial charge on any atom is -0.335 e. The van der Waals surface area contributed by atoms with Crippen molar-refractivity contribution in [1.82, 2.24) is 9.97 Å². The van der Waals surface area contributed by atoms with Crippen LogP contribution in [0.3, 0.4) is 0 Å². The van der Waals surface area contributed by atoms with Crippen LogP contribution in [0.25, 0.3) is 0 Å². The highest BCUT2D eigenvalue weighted by Crippen LogP contribution is 2.22. The average molecular weight is 368 g/mol. The zero-order valence-electron chi connectivity index (χ0n) is 14.2. The molecule has 0 aliphatic heterocycles. The molecule has 1 aromatic heterocycles. The molecule has 1 heterocycles. The topological polar surface area (TPSA) is 84.0 Å². The van der Waals surface area contributed by atoms with Gasteiger partial charge in [-0.05, 0) is 43.3 Å². The summed E-state index contributed by atoms with van der Waals surface area (Å²) in [6.07, 6.45) is 1.11. The number of hydrogen-bond donors (Lipinski definition) is 2. The molecule has 0 aliphatic carbocycles. The molecule has 0 saturated heterocycles.